The van der Waals surface area contributed by atoms with Gasteiger partial charge in [-0.15, -0.1) is 0 Å². The zero-order valence-corrected chi connectivity index (χ0v) is 19.5. The molecule has 1 fully saturated rings. The standard InChI is InChI=1S/C21H32F3N5O6/c1-12(2)35-17(30)6-4-3-5-7-26-20(33)27-8-14-19(32)18(31)13(11-34-14)28-16-10-25-9-15(29-16)21(22,23)24/h9-10,12-14,18-19,31-32H,3-8,11H2,1-2H3,(H,28,29)(H2,26,27,33)/t13-,14+,18+,19-/m0/s1. The molecule has 0 aliphatic carbocycles. The Bertz CT molecular complexity index is 829. The maximum atomic E-state index is 12.8. The second kappa shape index (κ2) is 13.4. The molecule has 0 spiro atoms. The van der Waals surface area contributed by atoms with Crippen molar-refractivity contribution in [3.63, 3.8) is 0 Å². The number of rotatable bonds is 11. The number of hydrogen-bond donors (Lipinski definition) is 5. The maximum absolute atomic E-state index is 12.8. The Hall–Kier alpha value is -2.71. The number of aromatic nitrogens is 2. The van der Waals surface area contributed by atoms with Crippen LogP contribution in [0.2, 0.25) is 0 Å². The van der Waals surface area contributed by atoms with E-state index in [1.54, 1.807) is 13.8 Å². The largest absolute Gasteiger partial charge is 0.463 e. The highest BCUT2D eigenvalue weighted by Gasteiger charge is 2.39. The lowest BCUT2D eigenvalue weighted by molar-refractivity contribution is -0.147. The number of aliphatic hydroxyl groups is 2. The third-order valence-corrected chi connectivity index (χ3v) is 5.07. The number of halogens is 3. The van der Waals surface area contributed by atoms with Crippen molar-refractivity contribution in [2.45, 2.75) is 76.2 Å². The van der Waals surface area contributed by atoms with Crippen molar-refractivity contribution in [2.24, 2.45) is 0 Å². The topological polar surface area (TPSA) is 155 Å². The number of ether oxygens (including phenoxy) is 2. The van der Waals surface area contributed by atoms with Gasteiger partial charge in [-0.25, -0.2) is 9.78 Å². The highest BCUT2D eigenvalue weighted by molar-refractivity contribution is 5.73. The first-order valence-electron chi connectivity index (χ1n) is 11.3. The van der Waals surface area contributed by atoms with E-state index in [0.29, 0.717) is 32.0 Å². The van der Waals surface area contributed by atoms with Crippen molar-refractivity contribution in [1.82, 2.24) is 20.6 Å². The number of carbonyl (C=O) groups is 2. The molecule has 0 unspecified atom stereocenters. The van der Waals surface area contributed by atoms with Gasteiger partial charge in [0.05, 0.1) is 31.1 Å². The van der Waals surface area contributed by atoms with Crippen LogP contribution in [0.1, 0.15) is 45.2 Å². The van der Waals surface area contributed by atoms with Crippen LogP contribution in [0.15, 0.2) is 12.4 Å². The lowest BCUT2D eigenvalue weighted by atomic mass is 9.98. The molecule has 2 amide bonds. The van der Waals surface area contributed by atoms with Crippen LogP contribution in [0.5, 0.6) is 0 Å². The number of amides is 2. The van der Waals surface area contributed by atoms with Crippen LogP contribution < -0.4 is 16.0 Å². The van der Waals surface area contributed by atoms with E-state index in [4.69, 9.17) is 9.47 Å². The molecule has 0 bridgehead atoms. The lowest BCUT2D eigenvalue weighted by Gasteiger charge is -2.38. The average molecular weight is 508 g/mol. The van der Waals surface area contributed by atoms with Crippen molar-refractivity contribution < 1.29 is 42.4 Å². The van der Waals surface area contributed by atoms with Gasteiger partial charge in [-0.2, -0.15) is 13.2 Å². The molecule has 0 aromatic carbocycles. The molecule has 0 radical (unpaired) electrons. The molecule has 1 aliphatic rings. The normalized spacial score (nSPS) is 22.5. The van der Waals surface area contributed by atoms with Gasteiger partial charge in [0.2, 0.25) is 0 Å². The van der Waals surface area contributed by atoms with Crippen molar-refractivity contribution in [3.05, 3.63) is 18.1 Å². The third kappa shape index (κ3) is 9.82. The molecule has 2 rings (SSSR count). The first-order chi connectivity index (χ1) is 16.5. The second-order valence-electron chi connectivity index (χ2n) is 8.38. The van der Waals surface area contributed by atoms with Crippen molar-refractivity contribution >= 4 is 17.8 Å². The van der Waals surface area contributed by atoms with Crippen LogP contribution in [-0.2, 0) is 20.4 Å². The number of aliphatic hydroxyl groups excluding tert-OH is 2. The number of esters is 1. The summed E-state index contributed by atoms with van der Waals surface area (Å²) in [4.78, 5) is 30.3. The van der Waals surface area contributed by atoms with Gasteiger partial charge in [0, 0.05) is 19.5 Å². The molecule has 2 heterocycles. The van der Waals surface area contributed by atoms with E-state index >= 15 is 0 Å². The van der Waals surface area contributed by atoms with Crippen LogP contribution >= 0.6 is 0 Å². The molecule has 35 heavy (non-hydrogen) atoms. The molecule has 1 saturated heterocycles. The van der Waals surface area contributed by atoms with Crippen LogP contribution in [0.25, 0.3) is 0 Å². The number of urea groups is 1. The third-order valence-electron chi connectivity index (χ3n) is 5.07. The van der Waals surface area contributed by atoms with E-state index in [1.165, 1.54) is 0 Å². The first-order valence-corrected chi connectivity index (χ1v) is 11.3. The minimum absolute atomic E-state index is 0.0960. The van der Waals surface area contributed by atoms with Gasteiger partial charge in [-0.1, -0.05) is 6.42 Å². The van der Waals surface area contributed by atoms with Crippen LogP contribution in [-0.4, -0.2) is 82.3 Å². The van der Waals surface area contributed by atoms with Gasteiger partial charge >= 0.3 is 18.2 Å². The van der Waals surface area contributed by atoms with Gasteiger partial charge in [0.25, 0.3) is 0 Å². The predicted molar refractivity (Wildman–Crippen MR) is 117 cm³/mol. The average Bonchev–Trinajstić information content (AvgIpc) is 2.78. The van der Waals surface area contributed by atoms with Gasteiger partial charge in [0.15, 0.2) is 5.69 Å². The Morgan fingerprint density at radius 1 is 1.17 bits per heavy atom. The summed E-state index contributed by atoms with van der Waals surface area (Å²) in [6.45, 7) is 3.70. The summed E-state index contributed by atoms with van der Waals surface area (Å²) in [6, 6.07) is -1.43. The fourth-order valence-corrected chi connectivity index (χ4v) is 3.30. The Morgan fingerprint density at radius 3 is 2.60 bits per heavy atom. The predicted octanol–water partition coefficient (Wildman–Crippen LogP) is 1.21. The highest BCUT2D eigenvalue weighted by atomic mass is 19.4. The number of alkyl halides is 3. The highest BCUT2D eigenvalue weighted by Crippen LogP contribution is 2.28. The Kier molecular flexibility index (Phi) is 10.9. The summed E-state index contributed by atoms with van der Waals surface area (Å²) >= 11 is 0. The van der Waals surface area contributed by atoms with Crippen molar-refractivity contribution in [2.75, 3.05) is 25.0 Å². The van der Waals surface area contributed by atoms with E-state index in [0.717, 1.165) is 12.6 Å². The minimum atomic E-state index is -4.68. The SMILES string of the molecule is CC(C)OC(=O)CCCCCNC(=O)NC[C@H]1OC[C@H](Nc2cncc(C(F)(F)F)n2)[C@@H](O)[C@H]1O. The second-order valence-corrected chi connectivity index (χ2v) is 8.38. The van der Waals surface area contributed by atoms with E-state index in [2.05, 4.69) is 25.9 Å². The molecule has 14 heteroatoms. The molecule has 1 aromatic heterocycles. The van der Waals surface area contributed by atoms with E-state index < -0.39 is 42.3 Å². The first kappa shape index (κ1) is 28.5. The molecule has 11 nitrogen and oxygen atoms in total. The van der Waals surface area contributed by atoms with Gasteiger partial charge in [0.1, 0.15) is 24.1 Å². The van der Waals surface area contributed by atoms with Crippen LogP contribution in [0.3, 0.4) is 0 Å². The number of anilines is 1. The van der Waals surface area contributed by atoms with Crippen LogP contribution in [0.4, 0.5) is 23.8 Å². The van der Waals surface area contributed by atoms with E-state index in [1.807, 2.05) is 0 Å². The summed E-state index contributed by atoms with van der Waals surface area (Å²) in [5.74, 6) is -0.480. The summed E-state index contributed by atoms with van der Waals surface area (Å²) < 4.78 is 48.9. The molecule has 1 aliphatic heterocycles. The lowest BCUT2D eigenvalue weighted by Crippen LogP contribution is -2.58. The molecular formula is C21H32F3N5O6. The quantitative estimate of drug-likeness (QED) is 0.220. The van der Waals surface area contributed by atoms with Crippen LogP contribution in [0, 0.1) is 0 Å². The van der Waals surface area contributed by atoms with Gasteiger partial charge < -0.3 is 35.6 Å². The Morgan fingerprint density at radius 2 is 1.91 bits per heavy atom. The molecule has 198 valence electrons. The van der Waals surface area contributed by atoms with E-state index in [9.17, 15) is 33.0 Å². The zero-order chi connectivity index (χ0) is 26.0. The van der Waals surface area contributed by atoms with Gasteiger partial charge in [-0.05, 0) is 26.7 Å². The number of hydrogen-bond acceptors (Lipinski definition) is 9. The van der Waals surface area contributed by atoms with Gasteiger partial charge in [-0.3, -0.25) is 9.78 Å². The Balaban J connectivity index is 1.67. The Labute approximate surface area is 200 Å². The monoisotopic (exact) mass is 507 g/mol. The number of nitrogens with one attached hydrogen (secondary N) is 3. The molecule has 1 aromatic rings. The van der Waals surface area contributed by atoms with E-state index in [-0.39, 0.29) is 31.0 Å². The number of carbonyl (C=O) groups excluding carboxylic acids is 2. The molecule has 0 saturated carbocycles. The van der Waals surface area contributed by atoms with Crippen molar-refractivity contribution in [3.8, 4) is 0 Å². The number of unbranched alkanes of at least 4 members (excludes halogenated alkanes) is 2. The summed E-state index contributed by atoms with van der Waals surface area (Å²) in [6.07, 6.45) is -4.55. The van der Waals surface area contributed by atoms with Crippen molar-refractivity contribution in [1.29, 1.82) is 0 Å². The molecular weight excluding hydrogens is 475 g/mol. The zero-order valence-electron chi connectivity index (χ0n) is 19.5. The maximum Gasteiger partial charge on any atom is 0.434 e. The fourth-order valence-electron chi connectivity index (χ4n) is 3.30. The summed E-state index contributed by atoms with van der Waals surface area (Å²) in [7, 11) is 0. The molecule has 4 atom stereocenters. The smallest absolute Gasteiger partial charge is 0.434 e. The summed E-state index contributed by atoms with van der Waals surface area (Å²) in [5.41, 5.74) is -1.20. The fraction of sp³-hybridized carbons (Fsp3) is 0.714. The number of nitrogens with zero attached hydrogens (tertiary/aromatic N) is 2. The summed E-state index contributed by atoms with van der Waals surface area (Å²) in [5, 5.41) is 28.4. The minimum Gasteiger partial charge on any atom is -0.463 e. The molecule has 5 N–H and O–H groups in total.